The van der Waals surface area contributed by atoms with Crippen LogP contribution < -0.4 is 5.73 Å². The van der Waals surface area contributed by atoms with E-state index in [9.17, 15) is 5.11 Å². The van der Waals surface area contributed by atoms with Crippen LogP contribution in [0, 0.1) is 6.07 Å². The monoisotopic (exact) mass is 382 g/mol. The van der Waals surface area contributed by atoms with Crippen molar-refractivity contribution in [1.82, 2.24) is 0 Å². The number of aliphatic hydroxyl groups is 2. The average Bonchev–Trinajstić information content (AvgIpc) is 2.34. The van der Waals surface area contributed by atoms with Gasteiger partial charge in [-0.2, -0.15) is 30.3 Å². The summed E-state index contributed by atoms with van der Waals surface area (Å²) in [6.45, 7) is 4.26. The Balaban J connectivity index is -0.000000258. The molecule has 3 nitrogen and oxygen atoms in total. The molecule has 15 heavy (non-hydrogen) atoms. The molecule has 1 rings (SSSR count). The predicted molar refractivity (Wildman–Crippen MR) is 58.8 cm³/mol. The van der Waals surface area contributed by atoms with Crippen LogP contribution in [0.4, 0.5) is 0 Å². The number of benzene rings is 1. The molecule has 0 spiro atoms. The van der Waals surface area contributed by atoms with Gasteiger partial charge in [0.2, 0.25) is 0 Å². The number of hydrogen-bond donors (Lipinski definition) is 3. The van der Waals surface area contributed by atoms with Gasteiger partial charge in [-0.1, -0.05) is 13.8 Å². The van der Waals surface area contributed by atoms with E-state index in [0.29, 0.717) is 0 Å². The first-order chi connectivity index (χ1) is 6.84. The van der Waals surface area contributed by atoms with Gasteiger partial charge in [0.1, 0.15) is 0 Å². The Morgan fingerprint density at radius 1 is 1.40 bits per heavy atom. The first-order valence-electron chi connectivity index (χ1n) is 4.63. The van der Waals surface area contributed by atoms with E-state index < -0.39 is 6.10 Å². The van der Waals surface area contributed by atoms with Gasteiger partial charge in [-0.3, -0.25) is 0 Å². The number of nitrogens with two attached hydrogens (primary N) is 1. The quantitative estimate of drug-likeness (QED) is 0.672. The van der Waals surface area contributed by atoms with Crippen LogP contribution in [0.1, 0.15) is 25.5 Å². The van der Waals surface area contributed by atoms with Crippen molar-refractivity contribution in [2.75, 3.05) is 13.7 Å². The van der Waals surface area contributed by atoms with Gasteiger partial charge in [0.15, 0.2) is 0 Å². The maximum Gasteiger partial charge on any atom is 0.0474 e. The smallest absolute Gasteiger partial charge is 0.0474 e. The fourth-order valence-electron chi connectivity index (χ4n) is 0.751. The van der Waals surface area contributed by atoms with Crippen LogP contribution in [-0.4, -0.2) is 23.9 Å². The minimum atomic E-state index is -0.544. The van der Waals surface area contributed by atoms with Crippen molar-refractivity contribution in [1.29, 1.82) is 0 Å². The minimum Gasteiger partial charge on any atom is -0.400 e. The SMILES string of the molecule is CC.CO.NCC(O)c1c[c-]ccc1.[W]. The fraction of sp³-hybridized carbons (Fsp3) is 0.455. The largest absolute Gasteiger partial charge is 0.400 e. The van der Waals surface area contributed by atoms with E-state index >= 15 is 0 Å². The molecule has 4 N–H and O–H groups in total. The van der Waals surface area contributed by atoms with Gasteiger partial charge in [0.25, 0.3) is 0 Å². The van der Waals surface area contributed by atoms with Crippen LogP contribution in [0.5, 0.6) is 0 Å². The van der Waals surface area contributed by atoms with Gasteiger partial charge in [-0.25, -0.2) is 0 Å². The summed E-state index contributed by atoms with van der Waals surface area (Å²) in [5.41, 5.74) is 6.06. The van der Waals surface area contributed by atoms with Gasteiger partial charge in [-0.05, 0) is 0 Å². The van der Waals surface area contributed by atoms with Gasteiger partial charge in [-0.15, -0.1) is 5.56 Å². The predicted octanol–water partition coefficient (Wildman–Crippen LogP) is 1.11. The summed E-state index contributed by atoms with van der Waals surface area (Å²) in [6, 6.07) is 10.0. The standard InChI is InChI=1S/C8H10NO.C2H6.CH4O.W/c9-6-8(10)7-4-2-1-3-5-7;2*1-2;/h1-2,4-5,8,10H,6,9H2;1-2H3;2H,1H3;/q-1;;;. The number of rotatable bonds is 2. The third-order valence-electron chi connectivity index (χ3n) is 1.34. The van der Waals surface area contributed by atoms with Crippen LogP contribution in [0.2, 0.25) is 0 Å². The first-order valence-corrected chi connectivity index (χ1v) is 4.63. The van der Waals surface area contributed by atoms with E-state index in [1.807, 2.05) is 26.0 Å². The molecule has 4 heteroatoms. The first kappa shape index (κ1) is 20.2. The Morgan fingerprint density at radius 2 is 1.93 bits per heavy atom. The Bertz CT molecular complexity index is 195. The molecule has 0 saturated heterocycles. The summed E-state index contributed by atoms with van der Waals surface area (Å²) in [5, 5.41) is 16.2. The zero-order chi connectivity index (χ0) is 11.4. The van der Waals surface area contributed by atoms with Crippen molar-refractivity contribution in [3.8, 4) is 0 Å². The maximum atomic E-state index is 9.18. The molecule has 1 unspecified atom stereocenters. The third-order valence-corrected chi connectivity index (χ3v) is 1.34. The average molecular weight is 382 g/mol. The van der Waals surface area contributed by atoms with Crippen molar-refractivity contribution in [3.05, 3.63) is 35.9 Å². The molecule has 0 heterocycles. The van der Waals surface area contributed by atoms with Crippen LogP contribution >= 0.6 is 0 Å². The van der Waals surface area contributed by atoms with Crippen molar-refractivity contribution in [2.45, 2.75) is 20.0 Å². The van der Waals surface area contributed by atoms with Crippen LogP contribution in [0.3, 0.4) is 0 Å². The zero-order valence-corrected chi connectivity index (χ0v) is 12.4. The van der Waals surface area contributed by atoms with Crippen molar-refractivity contribution < 1.29 is 31.3 Å². The summed E-state index contributed by atoms with van der Waals surface area (Å²) in [7, 11) is 1.00. The molecule has 88 valence electrons. The maximum absolute atomic E-state index is 9.18. The molecule has 1 aromatic carbocycles. The summed E-state index contributed by atoms with van der Waals surface area (Å²) < 4.78 is 0. The number of hydrogen-bond acceptors (Lipinski definition) is 3. The summed E-state index contributed by atoms with van der Waals surface area (Å²) >= 11 is 0. The topological polar surface area (TPSA) is 66.5 Å². The molecule has 0 fully saturated rings. The molecule has 0 aliphatic carbocycles. The van der Waals surface area contributed by atoms with Crippen molar-refractivity contribution in [3.63, 3.8) is 0 Å². The normalized spacial score (nSPS) is 9.47. The van der Waals surface area contributed by atoms with E-state index in [4.69, 9.17) is 10.8 Å². The molecule has 0 aliphatic heterocycles. The molecule has 1 atom stereocenters. The molecule has 0 radical (unpaired) electrons. The molecular formula is C11H20NO2W-. The third kappa shape index (κ3) is 10.1. The zero-order valence-electron chi connectivity index (χ0n) is 9.47. The van der Waals surface area contributed by atoms with E-state index in [0.717, 1.165) is 12.7 Å². The van der Waals surface area contributed by atoms with E-state index in [1.54, 1.807) is 12.1 Å². The van der Waals surface area contributed by atoms with Crippen LogP contribution in [0.25, 0.3) is 0 Å². The Kier molecular flexibility index (Phi) is 21.9. The summed E-state index contributed by atoms with van der Waals surface area (Å²) in [4.78, 5) is 0. The van der Waals surface area contributed by atoms with Crippen molar-refractivity contribution in [2.24, 2.45) is 5.73 Å². The molecular weight excluding hydrogens is 362 g/mol. The number of aliphatic hydroxyl groups excluding tert-OH is 2. The van der Waals surface area contributed by atoms with Gasteiger partial charge >= 0.3 is 0 Å². The molecule has 0 saturated carbocycles. The van der Waals surface area contributed by atoms with E-state index in [2.05, 4.69) is 6.07 Å². The fourth-order valence-corrected chi connectivity index (χ4v) is 0.751. The van der Waals surface area contributed by atoms with Gasteiger partial charge < -0.3 is 15.9 Å². The molecule has 0 bridgehead atoms. The van der Waals surface area contributed by atoms with Gasteiger partial charge in [0.05, 0.1) is 0 Å². The van der Waals surface area contributed by atoms with Crippen molar-refractivity contribution >= 4 is 0 Å². The Morgan fingerprint density at radius 3 is 2.27 bits per heavy atom. The van der Waals surface area contributed by atoms with E-state index in [-0.39, 0.29) is 27.6 Å². The molecule has 0 aromatic heterocycles. The summed E-state index contributed by atoms with van der Waals surface area (Å²) in [6.07, 6.45) is -0.544. The van der Waals surface area contributed by atoms with E-state index in [1.165, 1.54) is 0 Å². The summed E-state index contributed by atoms with van der Waals surface area (Å²) in [5.74, 6) is 0. The molecule has 1 aromatic rings. The van der Waals surface area contributed by atoms with Crippen LogP contribution in [0.15, 0.2) is 24.3 Å². The molecule has 0 aliphatic rings. The Labute approximate surface area is 107 Å². The van der Waals surface area contributed by atoms with Gasteiger partial charge in [0, 0.05) is 40.8 Å². The Hall–Kier alpha value is -0.212. The molecule has 0 amide bonds. The minimum absolute atomic E-state index is 0. The second kappa shape index (κ2) is 16.2. The second-order valence-electron chi connectivity index (χ2n) is 2.09. The van der Waals surface area contributed by atoms with Crippen LogP contribution in [-0.2, 0) is 21.1 Å². The second-order valence-corrected chi connectivity index (χ2v) is 2.09.